The molecule has 0 saturated heterocycles. The van der Waals surface area contributed by atoms with E-state index in [1.165, 1.54) is 6.42 Å². The summed E-state index contributed by atoms with van der Waals surface area (Å²) in [4.78, 5) is 12.1. The van der Waals surface area contributed by atoms with Gasteiger partial charge in [0.15, 0.2) is 0 Å². The number of anilines is 1. The predicted molar refractivity (Wildman–Crippen MR) is 66.4 cm³/mol. The van der Waals surface area contributed by atoms with Crippen LogP contribution >= 0.6 is 0 Å². The van der Waals surface area contributed by atoms with Crippen molar-refractivity contribution in [1.82, 2.24) is 9.78 Å². The highest BCUT2D eigenvalue weighted by Crippen LogP contribution is 2.23. The summed E-state index contributed by atoms with van der Waals surface area (Å²) in [6, 6.07) is 1.78. The van der Waals surface area contributed by atoms with Crippen molar-refractivity contribution in [2.24, 2.45) is 18.7 Å². The van der Waals surface area contributed by atoms with Gasteiger partial charge in [0.05, 0.1) is 12.1 Å². The van der Waals surface area contributed by atoms with Gasteiger partial charge < -0.3 is 11.1 Å². The first kappa shape index (κ1) is 12.1. The third kappa shape index (κ3) is 2.85. The van der Waals surface area contributed by atoms with Crippen molar-refractivity contribution in [2.45, 2.75) is 38.1 Å². The molecule has 1 aromatic heterocycles. The third-order valence-electron chi connectivity index (χ3n) is 3.48. The number of nitrogens with one attached hydrogen (secondary N) is 1. The molecule has 94 valence electrons. The van der Waals surface area contributed by atoms with E-state index in [9.17, 15) is 4.79 Å². The molecule has 0 aliphatic heterocycles. The highest BCUT2D eigenvalue weighted by atomic mass is 16.2. The number of nitrogens with zero attached hydrogens (tertiary/aromatic N) is 2. The number of nitrogens with two attached hydrogens (primary N) is 1. The lowest BCUT2D eigenvalue weighted by Gasteiger charge is -2.20. The quantitative estimate of drug-likeness (QED) is 0.759. The van der Waals surface area contributed by atoms with Crippen LogP contribution in [0.2, 0.25) is 0 Å². The topological polar surface area (TPSA) is 72.9 Å². The lowest BCUT2D eigenvalue weighted by atomic mass is 9.94. The van der Waals surface area contributed by atoms with Crippen LogP contribution in [0.25, 0.3) is 0 Å². The monoisotopic (exact) mass is 236 g/mol. The Morgan fingerprint density at radius 2 is 2.24 bits per heavy atom. The SMILES string of the molecule is Cn1nccc1NC(=O)C1CCCCCC1N. The molecule has 0 radical (unpaired) electrons. The molecular weight excluding hydrogens is 216 g/mol. The first-order chi connectivity index (χ1) is 8.18. The second-order valence-electron chi connectivity index (χ2n) is 4.74. The van der Waals surface area contributed by atoms with E-state index in [0.717, 1.165) is 31.5 Å². The summed E-state index contributed by atoms with van der Waals surface area (Å²) in [5.41, 5.74) is 6.06. The molecule has 1 amide bonds. The normalized spacial score (nSPS) is 25.3. The van der Waals surface area contributed by atoms with Crippen LogP contribution in [-0.4, -0.2) is 21.7 Å². The molecule has 0 aromatic carbocycles. The minimum absolute atomic E-state index is 0.00859. The first-order valence-corrected chi connectivity index (χ1v) is 6.23. The zero-order valence-electron chi connectivity index (χ0n) is 10.2. The summed E-state index contributed by atoms with van der Waals surface area (Å²) in [5.74, 6) is 0.696. The predicted octanol–water partition coefficient (Wildman–Crippen LogP) is 1.27. The number of aryl methyl sites for hydroxylation is 1. The van der Waals surface area contributed by atoms with Crippen molar-refractivity contribution >= 4 is 11.7 Å². The molecule has 0 bridgehead atoms. The summed E-state index contributed by atoms with van der Waals surface area (Å²) < 4.78 is 1.65. The van der Waals surface area contributed by atoms with E-state index >= 15 is 0 Å². The molecule has 5 nitrogen and oxygen atoms in total. The van der Waals surface area contributed by atoms with E-state index in [4.69, 9.17) is 5.73 Å². The van der Waals surface area contributed by atoms with E-state index in [-0.39, 0.29) is 17.9 Å². The van der Waals surface area contributed by atoms with Gasteiger partial charge in [-0.1, -0.05) is 19.3 Å². The Balaban J connectivity index is 2.01. The standard InChI is InChI=1S/C12H20N4O/c1-16-11(7-8-14-16)15-12(17)9-5-3-2-4-6-10(9)13/h7-10H,2-6,13H2,1H3,(H,15,17). The second-order valence-corrected chi connectivity index (χ2v) is 4.74. The molecule has 2 rings (SSSR count). The van der Waals surface area contributed by atoms with E-state index in [2.05, 4.69) is 10.4 Å². The minimum Gasteiger partial charge on any atom is -0.327 e. The average Bonchev–Trinajstić information content (AvgIpc) is 2.57. The lowest BCUT2D eigenvalue weighted by Crippen LogP contribution is -2.38. The van der Waals surface area contributed by atoms with Crippen molar-refractivity contribution in [3.63, 3.8) is 0 Å². The highest BCUT2D eigenvalue weighted by Gasteiger charge is 2.27. The molecule has 2 atom stereocenters. The number of rotatable bonds is 2. The van der Waals surface area contributed by atoms with Gasteiger partial charge in [-0.15, -0.1) is 0 Å². The number of carbonyl (C=O) groups is 1. The Morgan fingerprint density at radius 3 is 2.94 bits per heavy atom. The smallest absolute Gasteiger partial charge is 0.230 e. The summed E-state index contributed by atoms with van der Waals surface area (Å²) in [6.45, 7) is 0. The van der Waals surface area contributed by atoms with Crippen LogP contribution < -0.4 is 11.1 Å². The molecule has 1 heterocycles. The molecule has 1 aliphatic carbocycles. The van der Waals surface area contributed by atoms with Gasteiger partial charge >= 0.3 is 0 Å². The summed E-state index contributed by atoms with van der Waals surface area (Å²) >= 11 is 0. The van der Waals surface area contributed by atoms with Crippen molar-refractivity contribution < 1.29 is 4.79 Å². The van der Waals surface area contributed by atoms with Crippen LogP contribution in [0.5, 0.6) is 0 Å². The molecule has 3 N–H and O–H groups in total. The molecule has 1 saturated carbocycles. The van der Waals surface area contributed by atoms with Gasteiger partial charge in [0.2, 0.25) is 5.91 Å². The Bertz CT molecular complexity index is 388. The van der Waals surface area contributed by atoms with Gasteiger partial charge in [-0.25, -0.2) is 0 Å². The Labute approximate surface area is 101 Å². The molecule has 0 spiro atoms. The molecule has 1 fully saturated rings. The molecule has 1 aromatic rings. The van der Waals surface area contributed by atoms with Crippen molar-refractivity contribution in [3.8, 4) is 0 Å². The van der Waals surface area contributed by atoms with Crippen molar-refractivity contribution in [2.75, 3.05) is 5.32 Å². The summed E-state index contributed by atoms with van der Waals surface area (Å²) in [7, 11) is 1.81. The maximum absolute atomic E-state index is 12.1. The van der Waals surface area contributed by atoms with Gasteiger partial charge in [0.1, 0.15) is 5.82 Å². The third-order valence-corrected chi connectivity index (χ3v) is 3.48. The van der Waals surface area contributed by atoms with E-state index in [0.29, 0.717) is 0 Å². The average molecular weight is 236 g/mol. The number of amides is 1. The van der Waals surface area contributed by atoms with Gasteiger partial charge in [0, 0.05) is 19.2 Å². The number of hydrogen-bond acceptors (Lipinski definition) is 3. The van der Waals surface area contributed by atoms with Crippen LogP contribution in [0, 0.1) is 5.92 Å². The first-order valence-electron chi connectivity index (χ1n) is 6.23. The van der Waals surface area contributed by atoms with E-state index < -0.39 is 0 Å². The number of aromatic nitrogens is 2. The molecule has 2 unspecified atom stereocenters. The summed E-state index contributed by atoms with van der Waals surface area (Å²) in [5, 5.41) is 6.92. The molecule has 5 heteroatoms. The van der Waals surface area contributed by atoms with Crippen LogP contribution in [0.4, 0.5) is 5.82 Å². The lowest BCUT2D eigenvalue weighted by molar-refractivity contribution is -0.120. The van der Waals surface area contributed by atoms with Crippen molar-refractivity contribution in [3.05, 3.63) is 12.3 Å². The molecule has 17 heavy (non-hydrogen) atoms. The van der Waals surface area contributed by atoms with Gasteiger partial charge in [0.25, 0.3) is 0 Å². The fourth-order valence-electron chi connectivity index (χ4n) is 2.38. The van der Waals surface area contributed by atoms with Crippen LogP contribution in [0.3, 0.4) is 0 Å². The van der Waals surface area contributed by atoms with Crippen LogP contribution in [-0.2, 0) is 11.8 Å². The van der Waals surface area contributed by atoms with E-state index in [1.54, 1.807) is 16.9 Å². The summed E-state index contributed by atoms with van der Waals surface area (Å²) in [6.07, 6.45) is 6.92. The van der Waals surface area contributed by atoms with Gasteiger partial charge in [-0.05, 0) is 12.8 Å². The Hall–Kier alpha value is -1.36. The van der Waals surface area contributed by atoms with Crippen LogP contribution in [0.1, 0.15) is 32.1 Å². The van der Waals surface area contributed by atoms with E-state index in [1.807, 2.05) is 7.05 Å². The Morgan fingerprint density at radius 1 is 1.47 bits per heavy atom. The minimum atomic E-state index is -0.0626. The maximum Gasteiger partial charge on any atom is 0.230 e. The largest absolute Gasteiger partial charge is 0.327 e. The Kier molecular flexibility index (Phi) is 3.78. The fraction of sp³-hybridized carbons (Fsp3) is 0.667. The zero-order valence-corrected chi connectivity index (χ0v) is 10.2. The van der Waals surface area contributed by atoms with Crippen molar-refractivity contribution in [1.29, 1.82) is 0 Å². The second kappa shape index (κ2) is 5.31. The molecule has 1 aliphatic rings. The number of hydrogen-bond donors (Lipinski definition) is 2. The maximum atomic E-state index is 12.1. The fourth-order valence-corrected chi connectivity index (χ4v) is 2.38. The van der Waals surface area contributed by atoms with Crippen LogP contribution in [0.15, 0.2) is 12.3 Å². The molecular formula is C12H20N4O. The van der Waals surface area contributed by atoms with Gasteiger partial charge in [-0.2, -0.15) is 5.10 Å². The van der Waals surface area contributed by atoms with Gasteiger partial charge in [-0.3, -0.25) is 9.48 Å². The highest BCUT2D eigenvalue weighted by molar-refractivity contribution is 5.92. The number of carbonyl (C=O) groups excluding carboxylic acids is 1. The zero-order chi connectivity index (χ0) is 12.3.